The molecule has 1 aliphatic rings. The Kier molecular flexibility index (Phi) is 11.7. The van der Waals surface area contributed by atoms with Gasteiger partial charge in [-0.3, -0.25) is 9.59 Å². The molecule has 0 amide bonds. The lowest BCUT2D eigenvalue weighted by Gasteiger charge is -2.32. The van der Waals surface area contributed by atoms with Crippen LogP contribution in [0.25, 0.3) is 0 Å². The van der Waals surface area contributed by atoms with Gasteiger partial charge in [-0.15, -0.1) is 0 Å². The summed E-state index contributed by atoms with van der Waals surface area (Å²) >= 11 is 0. The van der Waals surface area contributed by atoms with Crippen molar-refractivity contribution >= 4 is 11.9 Å². The SMILES string of the molecule is CCCC(CCCCCCCCC(C)C)OC(=O)C1(C(=O)O)CCCCC1. The Morgan fingerprint density at radius 3 is 1.96 bits per heavy atom. The first-order valence-corrected chi connectivity index (χ1v) is 11.4. The highest BCUT2D eigenvalue weighted by Gasteiger charge is 2.48. The van der Waals surface area contributed by atoms with Gasteiger partial charge >= 0.3 is 11.9 Å². The third kappa shape index (κ3) is 8.66. The van der Waals surface area contributed by atoms with Crippen LogP contribution in [0, 0.1) is 11.3 Å². The lowest BCUT2D eigenvalue weighted by molar-refractivity contribution is -0.175. The van der Waals surface area contributed by atoms with Crippen molar-refractivity contribution in [3.8, 4) is 0 Å². The lowest BCUT2D eigenvalue weighted by Crippen LogP contribution is -2.43. The highest BCUT2D eigenvalue weighted by molar-refractivity contribution is 5.99. The first-order valence-electron chi connectivity index (χ1n) is 11.4. The van der Waals surface area contributed by atoms with Crippen LogP contribution < -0.4 is 0 Å². The van der Waals surface area contributed by atoms with Crippen molar-refractivity contribution in [1.29, 1.82) is 0 Å². The maximum atomic E-state index is 12.7. The summed E-state index contributed by atoms with van der Waals surface area (Å²) in [5, 5.41) is 9.65. The molecule has 0 heterocycles. The largest absolute Gasteiger partial charge is 0.480 e. The van der Waals surface area contributed by atoms with Gasteiger partial charge in [0.25, 0.3) is 0 Å². The van der Waals surface area contributed by atoms with E-state index >= 15 is 0 Å². The molecule has 158 valence electrons. The van der Waals surface area contributed by atoms with E-state index in [2.05, 4.69) is 20.8 Å². The summed E-state index contributed by atoms with van der Waals surface area (Å²) in [5.41, 5.74) is -1.29. The van der Waals surface area contributed by atoms with Crippen LogP contribution in [0.1, 0.15) is 117 Å². The Morgan fingerprint density at radius 1 is 0.889 bits per heavy atom. The Morgan fingerprint density at radius 2 is 1.44 bits per heavy atom. The van der Waals surface area contributed by atoms with Crippen molar-refractivity contribution in [2.75, 3.05) is 0 Å². The molecule has 0 aromatic heterocycles. The van der Waals surface area contributed by atoms with E-state index in [9.17, 15) is 14.7 Å². The van der Waals surface area contributed by atoms with Gasteiger partial charge in [-0.25, -0.2) is 0 Å². The first kappa shape index (κ1) is 24.0. The zero-order chi connectivity index (χ0) is 20.1. The van der Waals surface area contributed by atoms with E-state index in [-0.39, 0.29) is 6.10 Å². The normalized spacial score (nSPS) is 17.6. The lowest BCUT2D eigenvalue weighted by atomic mass is 9.74. The number of rotatable bonds is 14. The maximum Gasteiger partial charge on any atom is 0.323 e. The van der Waals surface area contributed by atoms with Crippen molar-refractivity contribution in [3.63, 3.8) is 0 Å². The van der Waals surface area contributed by atoms with Crippen molar-refractivity contribution in [2.24, 2.45) is 11.3 Å². The number of hydrogen-bond donors (Lipinski definition) is 1. The molecule has 0 spiro atoms. The minimum Gasteiger partial charge on any atom is -0.480 e. The fourth-order valence-electron chi connectivity index (χ4n) is 4.14. The van der Waals surface area contributed by atoms with Gasteiger partial charge in [0, 0.05) is 0 Å². The molecule has 0 bridgehead atoms. The molecular formula is C23H42O4. The number of esters is 1. The zero-order valence-electron chi connectivity index (χ0n) is 17.9. The molecule has 0 saturated heterocycles. The van der Waals surface area contributed by atoms with Gasteiger partial charge < -0.3 is 9.84 Å². The Labute approximate surface area is 166 Å². The molecule has 1 unspecified atom stereocenters. The maximum absolute atomic E-state index is 12.7. The molecule has 0 aromatic rings. The third-order valence-corrected chi connectivity index (χ3v) is 5.95. The molecule has 0 aliphatic heterocycles. The Bertz CT molecular complexity index is 424. The number of carbonyl (C=O) groups excluding carboxylic acids is 1. The topological polar surface area (TPSA) is 63.6 Å². The van der Waals surface area contributed by atoms with Crippen LogP contribution in [-0.4, -0.2) is 23.1 Å². The predicted molar refractivity (Wildman–Crippen MR) is 110 cm³/mol. The molecule has 4 nitrogen and oxygen atoms in total. The number of carboxylic acid groups (broad SMARTS) is 1. The first-order chi connectivity index (χ1) is 12.9. The van der Waals surface area contributed by atoms with Gasteiger partial charge in [0.2, 0.25) is 0 Å². The quantitative estimate of drug-likeness (QED) is 0.211. The smallest absolute Gasteiger partial charge is 0.323 e. The molecule has 1 saturated carbocycles. The number of unbranched alkanes of at least 4 members (excludes halogenated alkanes) is 5. The molecule has 1 fully saturated rings. The number of carbonyl (C=O) groups is 2. The summed E-state index contributed by atoms with van der Waals surface area (Å²) in [6, 6.07) is 0. The van der Waals surface area contributed by atoms with Gasteiger partial charge in [-0.2, -0.15) is 0 Å². The molecule has 1 N–H and O–H groups in total. The minimum atomic E-state index is -1.29. The second kappa shape index (κ2) is 13.2. The van der Waals surface area contributed by atoms with Crippen LogP contribution in [0.3, 0.4) is 0 Å². The molecule has 4 heteroatoms. The molecule has 1 aliphatic carbocycles. The van der Waals surface area contributed by atoms with E-state index in [0.717, 1.165) is 50.9 Å². The Hall–Kier alpha value is -1.06. The van der Waals surface area contributed by atoms with Gasteiger partial charge in [0.15, 0.2) is 5.41 Å². The number of hydrogen-bond acceptors (Lipinski definition) is 3. The van der Waals surface area contributed by atoms with Crippen molar-refractivity contribution < 1.29 is 19.4 Å². The molecule has 1 atom stereocenters. The van der Waals surface area contributed by atoms with Crippen LogP contribution in [0.15, 0.2) is 0 Å². The molecule has 0 aromatic carbocycles. The third-order valence-electron chi connectivity index (χ3n) is 5.95. The monoisotopic (exact) mass is 382 g/mol. The number of aliphatic carboxylic acids is 1. The van der Waals surface area contributed by atoms with Gasteiger partial charge in [0.1, 0.15) is 6.10 Å². The van der Waals surface area contributed by atoms with Crippen LogP contribution in [0.5, 0.6) is 0 Å². The highest BCUT2D eigenvalue weighted by atomic mass is 16.5. The summed E-state index contributed by atoms with van der Waals surface area (Å²) in [6.07, 6.45) is 14.7. The minimum absolute atomic E-state index is 0.124. The van der Waals surface area contributed by atoms with Gasteiger partial charge in [-0.05, 0) is 38.0 Å². The second-order valence-electron chi connectivity index (χ2n) is 8.86. The van der Waals surface area contributed by atoms with Gasteiger partial charge in [-0.1, -0.05) is 85.0 Å². The molecule has 27 heavy (non-hydrogen) atoms. The van der Waals surface area contributed by atoms with Crippen molar-refractivity contribution in [2.45, 2.75) is 123 Å². The van der Waals surface area contributed by atoms with Crippen LogP contribution in [0.4, 0.5) is 0 Å². The zero-order valence-corrected chi connectivity index (χ0v) is 17.9. The van der Waals surface area contributed by atoms with E-state index in [1.54, 1.807) is 0 Å². The predicted octanol–water partition coefficient (Wildman–Crippen LogP) is 6.51. The van der Waals surface area contributed by atoms with Crippen molar-refractivity contribution in [3.05, 3.63) is 0 Å². The summed E-state index contributed by atoms with van der Waals surface area (Å²) in [7, 11) is 0. The van der Waals surface area contributed by atoms with Crippen LogP contribution >= 0.6 is 0 Å². The van der Waals surface area contributed by atoms with E-state index in [0.29, 0.717) is 12.8 Å². The van der Waals surface area contributed by atoms with E-state index in [1.165, 1.54) is 38.5 Å². The average molecular weight is 383 g/mol. The van der Waals surface area contributed by atoms with Crippen LogP contribution in [0.2, 0.25) is 0 Å². The van der Waals surface area contributed by atoms with Gasteiger partial charge in [0.05, 0.1) is 0 Å². The van der Waals surface area contributed by atoms with E-state index < -0.39 is 17.4 Å². The summed E-state index contributed by atoms with van der Waals surface area (Å²) in [4.78, 5) is 24.5. The second-order valence-corrected chi connectivity index (χ2v) is 8.86. The number of ether oxygens (including phenoxy) is 1. The molecular weight excluding hydrogens is 340 g/mol. The highest BCUT2D eigenvalue weighted by Crippen LogP contribution is 2.38. The fraction of sp³-hybridized carbons (Fsp3) is 0.913. The molecule has 0 radical (unpaired) electrons. The molecule has 1 rings (SSSR count). The van der Waals surface area contributed by atoms with E-state index in [1.807, 2.05) is 0 Å². The summed E-state index contributed by atoms with van der Waals surface area (Å²) in [5.74, 6) is -0.682. The average Bonchev–Trinajstić information content (AvgIpc) is 2.64. The van der Waals surface area contributed by atoms with E-state index in [4.69, 9.17) is 4.74 Å². The standard InChI is InChI=1S/C23H42O4/c1-4-14-20(16-11-8-6-5-7-10-15-19(2)3)27-22(26)23(21(24)25)17-12-9-13-18-23/h19-20H,4-18H2,1-3H3,(H,24,25). The summed E-state index contributed by atoms with van der Waals surface area (Å²) < 4.78 is 5.75. The summed E-state index contributed by atoms with van der Waals surface area (Å²) in [6.45, 7) is 6.64. The van der Waals surface area contributed by atoms with Crippen LogP contribution in [-0.2, 0) is 14.3 Å². The number of carboxylic acids is 1. The Balaban J connectivity index is 2.35. The fourth-order valence-corrected chi connectivity index (χ4v) is 4.14. The van der Waals surface area contributed by atoms with Crippen molar-refractivity contribution in [1.82, 2.24) is 0 Å².